The van der Waals surface area contributed by atoms with Crippen LogP contribution in [0.5, 0.6) is 0 Å². The van der Waals surface area contributed by atoms with Crippen LogP contribution in [0.1, 0.15) is 19.4 Å². The van der Waals surface area contributed by atoms with E-state index in [0.29, 0.717) is 18.3 Å². The van der Waals surface area contributed by atoms with E-state index in [4.69, 9.17) is 5.73 Å². The summed E-state index contributed by atoms with van der Waals surface area (Å²) in [6.07, 6.45) is 1.71. The molecule has 0 radical (unpaired) electrons. The summed E-state index contributed by atoms with van der Waals surface area (Å²) in [6.45, 7) is 6.69. The van der Waals surface area contributed by atoms with Gasteiger partial charge in [-0.15, -0.1) is 0 Å². The molecular weight excluding hydrogens is 262 g/mol. The molecule has 2 N–H and O–H groups in total. The second-order valence-electron chi connectivity index (χ2n) is 5.54. The van der Waals surface area contributed by atoms with Crippen molar-refractivity contribution >= 4 is 5.69 Å². The molecule has 0 saturated carbocycles. The SMILES string of the molecule is CC(C)N(CCn1cc(N)ccc1=O)Cc1ccccc1. The van der Waals surface area contributed by atoms with Crippen molar-refractivity contribution in [2.24, 2.45) is 0 Å². The number of pyridine rings is 1. The molecule has 4 heteroatoms. The van der Waals surface area contributed by atoms with Crippen LogP contribution < -0.4 is 11.3 Å². The number of aromatic nitrogens is 1. The monoisotopic (exact) mass is 285 g/mol. The summed E-state index contributed by atoms with van der Waals surface area (Å²) < 4.78 is 1.68. The Morgan fingerprint density at radius 2 is 1.86 bits per heavy atom. The van der Waals surface area contributed by atoms with Crippen molar-refractivity contribution in [1.29, 1.82) is 0 Å². The Morgan fingerprint density at radius 1 is 1.14 bits per heavy atom. The molecule has 112 valence electrons. The molecule has 0 saturated heterocycles. The van der Waals surface area contributed by atoms with E-state index >= 15 is 0 Å². The first-order valence-electron chi connectivity index (χ1n) is 7.30. The van der Waals surface area contributed by atoms with Gasteiger partial charge in [0.1, 0.15) is 0 Å². The predicted molar refractivity (Wildman–Crippen MR) is 87.1 cm³/mol. The molecular formula is C17H23N3O. The van der Waals surface area contributed by atoms with Crippen LogP contribution in [0.25, 0.3) is 0 Å². The lowest BCUT2D eigenvalue weighted by molar-refractivity contribution is 0.203. The number of hydrogen-bond donors (Lipinski definition) is 1. The lowest BCUT2D eigenvalue weighted by atomic mass is 10.2. The maximum Gasteiger partial charge on any atom is 0.250 e. The highest BCUT2D eigenvalue weighted by Crippen LogP contribution is 2.08. The van der Waals surface area contributed by atoms with Gasteiger partial charge in [-0.25, -0.2) is 0 Å². The minimum atomic E-state index is -0.00684. The molecule has 1 aromatic carbocycles. The normalized spacial score (nSPS) is 11.2. The van der Waals surface area contributed by atoms with Crippen LogP contribution in [0.15, 0.2) is 53.5 Å². The van der Waals surface area contributed by atoms with Gasteiger partial charge in [-0.1, -0.05) is 30.3 Å². The van der Waals surface area contributed by atoms with Gasteiger partial charge in [0.05, 0.1) is 0 Å². The maximum atomic E-state index is 11.8. The average molecular weight is 285 g/mol. The van der Waals surface area contributed by atoms with Gasteiger partial charge in [0.15, 0.2) is 0 Å². The van der Waals surface area contributed by atoms with Gasteiger partial charge in [0, 0.05) is 43.6 Å². The van der Waals surface area contributed by atoms with Crippen molar-refractivity contribution in [3.63, 3.8) is 0 Å². The second kappa shape index (κ2) is 7.09. The molecule has 0 aliphatic carbocycles. The molecule has 0 amide bonds. The fourth-order valence-corrected chi connectivity index (χ4v) is 2.30. The van der Waals surface area contributed by atoms with Gasteiger partial charge >= 0.3 is 0 Å². The summed E-state index contributed by atoms with van der Waals surface area (Å²) in [5.41, 5.74) is 7.64. The van der Waals surface area contributed by atoms with Crippen LogP contribution in [0.2, 0.25) is 0 Å². The molecule has 0 atom stereocenters. The number of nitrogens with zero attached hydrogens (tertiary/aromatic N) is 2. The summed E-state index contributed by atoms with van der Waals surface area (Å²) in [6, 6.07) is 14.0. The Morgan fingerprint density at radius 3 is 2.52 bits per heavy atom. The summed E-state index contributed by atoms with van der Waals surface area (Å²) >= 11 is 0. The third kappa shape index (κ3) is 4.46. The number of anilines is 1. The van der Waals surface area contributed by atoms with Crippen molar-refractivity contribution in [2.45, 2.75) is 33.0 Å². The van der Waals surface area contributed by atoms with Gasteiger partial charge in [0.2, 0.25) is 0 Å². The minimum Gasteiger partial charge on any atom is -0.398 e. The van der Waals surface area contributed by atoms with E-state index in [-0.39, 0.29) is 5.56 Å². The van der Waals surface area contributed by atoms with Crippen LogP contribution in [0, 0.1) is 0 Å². The molecule has 0 bridgehead atoms. The zero-order chi connectivity index (χ0) is 15.2. The van der Waals surface area contributed by atoms with E-state index in [1.54, 1.807) is 16.8 Å². The number of nitrogen functional groups attached to an aromatic ring is 1. The van der Waals surface area contributed by atoms with E-state index in [1.807, 2.05) is 6.07 Å². The van der Waals surface area contributed by atoms with Gasteiger partial charge in [-0.2, -0.15) is 0 Å². The Bertz CT molecular complexity index is 619. The molecule has 0 spiro atoms. The zero-order valence-corrected chi connectivity index (χ0v) is 12.7. The Balaban J connectivity index is 2.03. The molecule has 0 fully saturated rings. The molecule has 1 heterocycles. The van der Waals surface area contributed by atoms with Crippen molar-refractivity contribution < 1.29 is 0 Å². The topological polar surface area (TPSA) is 51.3 Å². The highest BCUT2D eigenvalue weighted by Gasteiger charge is 2.10. The third-order valence-electron chi connectivity index (χ3n) is 3.59. The number of nitrogens with two attached hydrogens (primary N) is 1. The molecule has 0 aliphatic rings. The van der Waals surface area contributed by atoms with Crippen LogP contribution in [0.3, 0.4) is 0 Å². The van der Waals surface area contributed by atoms with Crippen LogP contribution in [-0.4, -0.2) is 22.1 Å². The highest BCUT2D eigenvalue weighted by atomic mass is 16.1. The maximum absolute atomic E-state index is 11.8. The van der Waals surface area contributed by atoms with Crippen LogP contribution in [0.4, 0.5) is 5.69 Å². The lowest BCUT2D eigenvalue weighted by Crippen LogP contribution is -2.35. The summed E-state index contributed by atoms with van der Waals surface area (Å²) in [5, 5.41) is 0. The molecule has 0 unspecified atom stereocenters. The van der Waals surface area contributed by atoms with Gasteiger partial charge in [0.25, 0.3) is 5.56 Å². The molecule has 21 heavy (non-hydrogen) atoms. The first-order chi connectivity index (χ1) is 10.1. The number of benzene rings is 1. The first kappa shape index (κ1) is 15.3. The van der Waals surface area contributed by atoms with Crippen LogP contribution >= 0.6 is 0 Å². The summed E-state index contributed by atoms with van der Waals surface area (Å²) in [5.74, 6) is 0. The predicted octanol–water partition coefficient (Wildman–Crippen LogP) is 2.34. The van der Waals surface area contributed by atoms with Gasteiger partial charge < -0.3 is 10.3 Å². The number of hydrogen-bond acceptors (Lipinski definition) is 3. The standard InChI is InChI=1S/C17H23N3O/c1-14(2)19(12-15-6-4-3-5-7-15)10-11-20-13-16(18)8-9-17(20)21/h3-9,13-14H,10-12,18H2,1-2H3. The Kier molecular flexibility index (Phi) is 5.17. The third-order valence-corrected chi connectivity index (χ3v) is 3.59. The summed E-state index contributed by atoms with van der Waals surface area (Å²) in [4.78, 5) is 14.2. The van der Waals surface area contributed by atoms with E-state index in [2.05, 4.69) is 43.0 Å². The van der Waals surface area contributed by atoms with E-state index < -0.39 is 0 Å². The minimum absolute atomic E-state index is 0.00684. The van der Waals surface area contributed by atoms with Crippen molar-refractivity contribution in [1.82, 2.24) is 9.47 Å². The Hall–Kier alpha value is -2.07. The quantitative estimate of drug-likeness (QED) is 0.886. The van der Waals surface area contributed by atoms with Crippen LogP contribution in [-0.2, 0) is 13.1 Å². The summed E-state index contributed by atoms with van der Waals surface area (Å²) in [7, 11) is 0. The first-order valence-corrected chi connectivity index (χ1v) is 7.30. The molecule has 4 nitrogen and oxygen atoms in total. The number of rotatable bonds is 6. The van der Waals surface area contributed by atoms with E-state index in [9.17, 15) is 4.79 Å². The van der Waals surface area contributed by atoms with Crippen molar-refractivity contribution in [3.05, 3.63) is 64.6 Å². The molecule has 2 aromatic rings. The van der Waals surface area contributed by atoms with Crippen molar-refractivity contribution in [3.8, 4) is 0 Å². The van der Waals surface area contributed by atoms with Crippen molar-refractivity contribution in [2.75, 3.05) is 12.3 Å². The molecule has 0 aliphatic heterocycles. The zero-order valence-electron chi connectivity index (χ0n) is 12.7. The second-order valence-corrected chi connectivity index (χ2v) is 5.54. The largest absolute Gasteiger partial charge is 0.398 e. The Labute approximate surface area is 125 Å². The van der Waals surface area contributed by atoms with E-state index in [0.717, 1.165) is 13.1 Å². The molecule has 1 aromatic heterocycles. The smallest absolute Gasteiger partial charge is 0.250 e. The average Bonchev–Trinajstić information content (AvgIpc) is 2.47. The fourth-order valence-electron chi connectivity index (χ4n) is 2.30. The fraction of sp³-hybridized carbons (Fsp3) is 0.353. The molecule has 2 rings (SSSR count). The van der Waals surface area contributed by atoms with Gasteiger partial charge in [-0.3, -0.25) is 9.69 Å². The van der Waals surface area contributed by atoms with E-state index in [1.165, 1.54) is 11.6 Å². The lowest BCUT2D eigenvalue weighted by Gasteiger charge is -2.26. The highest BCUT2D eigenvalue weighted by molar-refractivity contribution is 5.33. The van der Waals surface area contributed by atoms with Gasteiger partial charge in [-0.05, 0) is 25.5 Å².